The molecule has 12 heteroatoms. The first-order valence-electron chi connectivity index (χ1n) is 12.0. The van der Waals surface area contributed by atoms with Gasteiger partial charge in [-0.25, -0.2) is 4.98 Å². The quantitative estimate of drug-likeness (QED) is 0.316. The number of halogens is 4. The Labute approximate surface area is 226 Å². The Morgan fingerprint density at radius 1 is 1.15 bits per heavy atom. The smallest absolute Gasteiger partial charge is 0.337 e. The molecule has 0 saturated carbocycles. The van der Waals surface area contributed by atoms with Gasteiger partial charge in [0.15, 0.2) is 0 Å². The fourth-order valence-corrected chi connectivity index (χ4v) is 4.89. The molecule has 0 spiro atoms. The minimum Gasteiger partial charge on any atom is -0.337 e. The second-order valence-corrected chi connectivity index (χ2v) is 9.46. The molecule has 200 valence electrons. The van der Waals surface area contributed by atoms with Crippen LogP contribution in [0.2, 0.25) is 5.02 Å². The van der Waals surface area contributed by atoms with Crippen LogP contribution in [0.25, 0.3) is 22.2 Å². The van der Waals surface area contributed by atoms with Gasteiger partial charge in [0.05, 0.1) is 22.1 Å². The molecule has 39 heavy (non-hydrogen) atoms. The number of fused-ring (bicyclic) bond motifs is 1. The van der Waals surface area contributed by atoms with E-state index in [-0.39, 0.29) is 23.3 Å². The number of benzene rings is 1. The number of rotatable bonds is 5. The minimum atomic E-state index is -4.55. The first kappa shape index (κ1) is 26.4. The Kier molecular flexibility index (Phi) is 7.09. The summed E-state index contributed by atoms with van der Waals surface area (Å²) >= 11 is 6.54. The number of alkyl halides is 3. The summed E-state index contributed by atoms with van der Waals surface area (Å²) in [5, 5.41) is 8.37. The van der Waals surface area contributed by atoms with Crippen LogP contribution in [0, 0.1) is 0 Å². The van der Waals surface area contributed by atoms with Crippen molar-refractivity contribution >= 4 is 40.1 Å². The third kappa shape index (κ3) is 5.35. The van der Waals surface area contributed by atoms with E-state index in [9.17, 15) is 22.8 Å². The number of carbonyl (C=O) groups excluding carboxylic acids is 2. The lowest BCUT2D eigenvalue weighted by Gasteiger charge is -2.32. The number of amides is 2. The monoisotopic (exact) mass is 554 g/mol. The van der Waals surface area contributed by atoms with Crippen molar-refractivity contribution in [3.8, 4) is 11.3 Å². The number of hydrogen-bond acceptors (Lipinski definition) is 5. The summed E-state index contributed by atoms with van der Waals surface area (Å²) in [4.78, 5) is 34.7. The van der Waals surface area contributed by atoms with Crippen molar-refractivity contribution in [3.05, 3.63) is 83.8 Å². The molecule has 1 aliphatic heterocycles. The Bertz CT molecular complexity index is 1570. The number of pyridine rings is 2. The van der Waals surface area contributed by atoms with E-state index in [1.165, 1.54) is 12.3 Å². The van der Waals surface area contributed by atoms with E-state index in [2.05, 4.69) is 21.9 Å². The second-order valence-electron chi connectivity index (χ2n) is 9.05. The molecule has 4 aromatic rings. The summed E-state index contributed by atoms with van der Waals surface area (Å²) < 4.78 is 40.8. The summed E-state index contributed by atoms with van der Waals surface area (Å²) in [6, 6.07) is 7.97. The van der Waals surface area contributed by atoms with Crippen molar-refractivity contribution in [2.24, 2.45) is 0 Å². The minimum absolute atomic E-state index is 0.108. The first-order valence-corrected chi connectivity index (χ1v) is 12.4. The van der Waals surface area contributed by atoms with Crippen LogP contribution in [-0.4, -0.2) is 49.6 Å². The van der Waals surface area contributed by atoms with E-state index >= 15 is 0 Å². The third-order valence-corrected chi connectivity index (χ3v) is 6.82. The van der Waals surface area contributed by atoms with Crippen LogP contribution < -0.4 is 5.32 Å². The van der Waals surface area contributed by atoms with Crippen LogP contribution in [0.1, 0.15) is 34.8 Å². The molecule has 5 rings (SSSR count). The van der Waals surface area contributed by atoms with Crippen LogP contribution in [-0.2, 0) is 11.0 Å². The van der Waals surface area contributed by atoms with Crippen LogP contribution >= 0.6 is 11.6 Å². The largest absolute Gasteiger partial charge is 0.416 e. The van der Waals surface area contributed by atoms with Crippen LogP contribution in [0.5, 0.6) is 0 Å². The topological polar surface area (TPSA) is 93.0 Å². The zero-order valence-corrected chi connectivity index (χ0v) is 21.2. The van der Waals surface area contributed by atoms with Crippen LogP contribution in [0.3, 0.4) is 0 Å². The molecule has 1 aliphatic rings. The number of likely N-dealkylation sites (tertiary alicyclic amines) is 1. The van der Waals surface area contributed by atoms with Crippen molar-refractivity contribution in [2.75, 3.05) is 18.4 Å². The zero-order valence-electron chi connectivity index (χ0n) is 20.5. The highest BCUT2D eigenvalue weighted by Gasteiger charge is 2.31. The van der Waals surface area contributed by atoms with Gasteiger partial charge in [0.25, 0.3) is 5.91 Å². The van der Waals surface area contributed by atoms with Crippen molar-refractivity contribution < 1.29 is 22.8 Å². The zero-order chi connectivity index (χ0) is 27.7. The molecular formula is C27H22ClF3N6O2. The molecule has 1 saturated heterocycles. The fourth-order valence-electron chi connectivity index (χ4n) is 4.65. The molecule has 1 unspecified atom stereocenters. The lowest BCUT2D eigenvalue weighted by molar-refractivity contribution is -0.137. The molecule has 0 bridgehead atoms. The highest BCUT2D eigenvalue weighted by Crippen LogP contribution is 2.35. The number of piperidine rings is 1. The molecule has 4 heterocycles. The normalized spacial score (nSPS) is 15.8. The van der Waals surface area contributed by atoms with E-state index in [0.717, 1.165) is 31.2 Å². The van der Waals surface area contributed by atoms with Crippen LogP contribution in [0.4, 0.5) is 19.0 Å². The van der Waals surface area contributed by atoms with Gasteiger partial charge in [-0.1, -0.05) is 30.3 Å². The highest BCUT2D eigenvalue weighted by atomic mass is 35.5. The van der Waals surface area contributed by atoms with Gasteiger partial charge in [0.1, 0.15) is 11.5 Å². The Hall–Kier alpha value is -4.25. The van der Waals surface area contributed by atoms with Gasteiger partial charge in [0, 0.05) is 48.2 Å². The summed E-state index contributed by atoms with van der Waals surface area (Å²) in [7, 11) is 0. The molecule has 0 aliphatic carbocycles. The number of nitrogens with one attached hydrogen (secondary N) is 1. The molecule has 2 amide bonds. The third-order valence-electron chi connectivity index (χ3n) is 6.54. The first-order chi connectivity index (χ1) is 18.7. The standard InChI is InChI=1S/C27H22ClF3N6O2/c1-2-23(38)36-11-3-4-19(15-36)37-25-20(13-32-14-21(25)28)24(35-37)16-5-7-17(8-6-16)26(39)34-22-12-18(9-10-33-22)27(29,30)31/h2,5-10,12-14,19H,1,3-4,11,15H2,(H,33,34,39). The maximum atomic E-state index is 13.0. The molecule has 1 atom stereocenters. The van der Waals surface area contributed by atoms with Gasteiger partial charge in [-0.2, -0.15) is 18.3 Å². The fraction of sp³-hybridized carbons (Fsp3) is 0.222. The second kappa shape index (κ2) is 10.5. The van der Waals surface area contributed by atoms with Crippen molar-refractivity contribution in [1.82, 2.24) is 24.6 Å². The van der Waals surface area contributed by atoms with Crippen LogP contribution in [0.15, 0.2) is 67.6 Å². The molecule has 3 aromatic heterocycles. The molecule has 1 fully saturated rings. The van der Waals surface area contributed by atoms with Gasteiger partial charge < -0.3 is 10.2 Å². The van der Waals surface area contributed by atoms with Gasteiger partial charge in [-0.05, 0) is 43.2 Å². The Balaban J connectivity index is 1.43. The molecule has 0 radical (unpaired) electrons. The number of anilines is 1. The Morgan fingerprint density at radius 2 is 1.92 bits per heavy atom. The predicted molar refractivity (Wildman–Crippen MR) is 140 cm³/mol. The van der Waals surface area contributed by atoms with Gasteiger partial charge >= 0.3 is 6.18 Å². The lowest BCUT2D eigenvalue weighted by atomic mass is 10.1. The van der Waals surface area contributed by atoms with E-state index in [1.54, 1.807) is 35.4 Å². The van der Waals surface area contributed by atoms with Crippen molar-refractivity contribution in [3.63, 3.8) is 0 Å². The Morgan fingerprint density at radius 3 is 2.64 bits per heavy atom. The van der Waals surface area contributed by atoms with Crippen molar-refractivity contribution in [1.29, 1.82) is 0 Å². The van der Waals surface area contributed by atoms with E-state index in [1.807, 2.05) is 4.68 Å². The van der Waals surface area contributed by atoms with Gasteiger partial charge in [0.2, 0.25) is 5.91 Å². The number of carbonyl (C=O) groups is 2. The number of nitrogens with zero attached hydrogens (tertiary/aromatic N) is 5. The van der Waals surface area contributed by atoms with E-state index in [0.29, 0.717) is 40.3 Å². The number of hydrogen-bond donors (Lipinski definition) is 1. The van der Waals surface area contributed by atoms with Gasteiger partial charge in [-0.3, -0.25) is 19.3 Å². The lowest BCUT2D eigenvalue weighted by Crippen LogP contribution is -2.40. The SMILES string of the molecule is C=CC(=O)N1CCCC(n2nc(-c3ccc(C(=O)Nc4cc(C(F)(F)F)ccn4)cc3)c3cncc(Cl)c32)C1. The molecule has 1 N–H and O–H groups in total. The predicted octanol–water partition coefficient (Wildman–Crippen LogP) is 5.77. The maximum Gasteiger partial charge on any atom is 0.416 e. The van der Waals surface area contributed by atoms with E-state index < -0.39 is 17.6 Å². The summed E-state index contributed by atoms with van der Waals surface area (Å²) in [6.45, 7) is 4.68. The highest BCUT2D eigenvalue weighted by molar-refractivity contribution is 6.35. The molecule has 8 nitrogen and oxygen atoms in total. The van der Waals surface area contributed by atoms with Gasteiger partial charge in [-0.15, -0.1) is 0 Å². The van der Waals surface area contributed by atoms with E-state index in [4.69, 9.17) is 16.7 Å². The molecular weight excluding hydrogens is 533 g/mol. The summed E-state index contributed by atoms with van der Waals surface area (Å²) in [5.74, 6) is -0.957. The average molecular weight is 555 g/mol. The maximum absolute atomic E-state index is 13.0. The summed E-state index contributed by atoms with van der Waals surface area (Å²) in [6.07, 6.45) is 2.54. The molecule has 1 aromatic carbocycles. The summed E-state index contributed by atoms with van der Waals surface area (Å²) in [5.41, 5.74) is 1.29. The van der Waals surface area contributed by atoms with Crippen molar-refractivity contribution in [2.45, 2.75) is 25.1 Å². The number of aromatic nitrogens is 4. The average Bonchev–Trinajstić information content (AvgIpc) is 3.33.